The van der Waals surface area contributed by atoms with Crippen LogP contribution in [0.4, 0.5) is 0 Å². The van der Waals surface area contributed by atoms with Crippen molar-refractivity contribution in [1.82, 2.24) is 0 Å². The van der Waals surface area contributed by atoms with Gasteiger partial charge in [0, 0.05) is 13.0 Å². The number of rotatable bonds is 24. The van der Waals surface area contributed by atoms with E-state index in [2.05, 4.69) is 6.92 Å². The van der Waals surface area contributed by atoms with E-state index in [1.54, 1.807) is 6.92 Å². The number of esters is 1. The minimum atomic E-state index is -1.52. The first-order valence-electron chi connectivity index (χ1n) is 15.1. The Morgan fingerprint density at radius 3 is 1.76 bits per heavy atom. The number of aliphatic hydroxyl groups excluding tert-OH is 4. The van der Waals surface area contributed by atoms with E-state index in [1.807, 2.05) is 0 Å². The van der Waals surface area contributed by atoms with Gasteiger partial charge in [-0.3, -0.25) is 4.79 Å². The van der Waals surface area contributed by atoms with Crippen molar-refractivity contribution >= 4 is 5.97 Å². The van der Waals surface area contributed by atoms with Gasteiger partial charge in [-0.2, -0.15) is 0 Å². The Labute approximate surface area is 230 Å². The summed E-state index contributed by atoms with van der Waals surface area (Å²) >= 11 is 0. The Morgan fingerprint density at radius 1 is 0.737 bits per heavy atom. The molecule has 1 fully saturated rings. The van der Waals surface area contributed by atoms with Crippen LogP contribution in [0.3, 0.4) is 0 Å². The minimum absolute atomic E-state index is 0.118. The lowest BCUT2D eigenvalue weighted by atomic mass is 9.99. The minimum Gasteiger partial charge on any atom is -0.457 e. The number of carbonyl (C=O) groups excluding carboxylic acids is 1. The van der Waals surface area contributed by atoms with E-state index in [9.17, 15) is 25.2 Å². The molecule has 1 aliphatic rings. The van der Waals surface area contributed by atoms with Crippen molar-refractivity contribution in [3.05, 3.63) is 0 Å². The van der Waals surface area contributed by atoms with Crippen LogP contribution in [0.5, 0.6) is 0 Å². The summed E-state index contributed by atoms with van der Waals surface area (Å²) in [4.78, 5) is 11.8. The van der Waals surface area contributed by atoms with Crippen molar-refractivity contribution < 1.29 is 44.2 Å². The van der Waals surface area contributed by atoms with Crippen LogP contribution in [0.25, 0.3) is 0 Å². The molecule has 38 heavy (non-hydrogen) atoms. The van der Waals surface area contributed by atoms with Crippen molar-refractivity contribution in [3.8, 4) is 0 Å². The largest absolute Gasteiger partial charge is 0.457 e. The molecule has 0 radical (unpaired) electrons. The van der Waals surface area contributed by atoms with Gasteiger partial charge in [-0.15, -0.1) is 0 Å². The number of hydrogen-bond donors (Lipinski definition) is 4. The van der Waals surface area contributed by atoms with Crippen molar-refractivity contribution in [3.63, 3.8) is 0 Å². The van der Waals surface area contributed by atoms with Crippen LogP contribution in [0, 0.1) is 0 Å². The molecule has 0 aromatic carbocycles. The topological polar surface area (TPSA) is 135 Å². The summed E-state index contributed by atoms with van der Waals surface area (Å²) in [7, 11) is 0. The van der Waals surface area contributed by atoms with Crippen molar-refractivity contribution in [1.29, 1.82) is 0 Å². The second kappa shape index (κ2) is 22.9. The number of carbonyl (C=O) groups is 1. The lowest BCUT2D eigenvalue weighted by molar-refractivity contribution is -0.305. The lowest BCUT2D eigenvalue weighted by Gasteiger charge is -2.39. The lowest BCUT2D eigenvalue weighted by Crippen LogP contribution is -2.59. The van der Waals surface area contributed by atoms with E-state index in [0.717, 1.165) is 12.8 Å². The first kappa shape index (κ1) is 35.2. The average Bonchev–Trinajstić information content (AvgIpc) is 2.92. The fraction of sp³-hybridized carbons (Fsp3) is 0.966. The summed E-state index contributed by atoms with van der Waals surface area (Å²) < 4.78 is 21.9. The zero-order valence-electron chi connectivity index (χ0n) is 23.9. The van der Waals surface area contributed by atoms with E-state index in [0.29, 0.717) is 6.61 Å². The molecule has 0 amide bonds. The molecule has 6 unspecified atom stereocenters. The molecule has 0 saturated carbocycles. The zero-order valence-corrected chi connectivity index (χ0v) is 23.9. The molecule has 4 N–H and O–H groups in total. The molecule has 9 nitrogen and oxygen atoms in total. The van der Waals surface area contributed by atoms with Gasteiger partial charge in [-0.1, -0.05) is 104 Å². The van der Waals surface area contributed by atoms with E-state index in [1.165, 1.54) is 83.5 Å². The molecule has 1 rings (SSSR count). The predicted octanol–water partition coefficient (Wildman–Crippen LogP) is 4.01. The van der Waals surface area contributed by atoms with Crippen LogP contribution in [0.2, 0.25) is 0 Å². The molecule has 1 aliphatic heterocycles. The SMILES string of the molecule is CCCCCCCCCCCCCCCCCOCC(COC1OC(CO)C(O)C(O)C1O)OC(=O)CC. The third-order valence-electron chi connectivity index (χ3n) is 7.08. The number of aliphatic hydroxyl groups is 4. The number of ether oxygens (including phenoxy) is 4. The van der Waals surface area contributed by atoms with Gasteiger partial charge in [0.05, 0.1) is 19.8 Å². The molecule has 9 heteroatoms. The van der Waals surface area contributed by atoms with Crippen molar-refractivity contribution in [2.75, 3.05) is 26.4 Å². The van der Waals surface area contributed by atoms with Crippen LogP contribution >= 0.6 is 0 Å². The maximum atomic E-state index is 11.8. The molecule has 1 heterocycles. The van der Waals surface area contributed by atoms with Crippen molar-refractivity contribution in [2.45, 2.75) is 153 Å². The van der Waals surface area contributed by atoms with Crippen LogP contribution < -0.4 is 0 Å². The standard InChI is InChI=1S/C29H56O9/c1-3-5-6-7-8-9-10-11-12-13-14-15-16-17-18-19-35-21-23(37-25(31)4-2)22-36-29-28(34)27(33)26(32)24(20-30)38-29/h23-24,26-30,32-34H,3-22H2,1-2H3. The van der Waals surface area contributed by atoms with Crippen LogP contribution in [0.1, 0.15) is 117 Å². The molecular weight excluding hydrogens is 492 g/mol. The third-order valence-corrected chi connectivity index (χ3v) is 7.08. The number of unbranched alkanes of at least 4 members (excludes halogenated alkanes) is 14. The van der Waals surface area contributed by atoms with Crippen LogP contribution in [0.15, 0.2) is 0 Å². The normalized spacial score (nSPS) is 24.4. The average molecular weight is 549 g/mol. The summed E-state index contributed by atoms with van der Waals surface area (Å²) in [6.07, 6.45) is 12.1. The molecule has 0 aromatic rings. The van der Waals surface area contributed by atoms with Gasteiger partial charge < -0.3 is 39.4 Å². The fourth-order valence-electron chi connectivity index (χ4n) is 4.58. The number of hydrogen-bond acceptors (Lipinski definition) is 9. The summed E-state index contributed by atoms with van der Waals surface area (Å²) in [6.45, 7) is 3.98. The van der Waals surface area contributed by atoms with Gasteiger partial charge in [0.1, 0.15) is 30.5 Å². The van der Waals surface area contributed by atoms with Crippen molar-refractivity contribution in [2.24, 2.45) is 0 Å². The van der Waals surface area contributed by atoms with Gasteiger partial charge in [0.25, 0.3) is 0 Å². The highest BCUT2D eigenvalue weighted by Gasteiger charge is 2.44. The van der Waals surface area contributed by atoms with Gasteiger partial charge >= 0.3 is 5.97 Å². The highest BCUT2D eigenvalue weighted by Crippen LogP contribution is 2.22. The van der Waals surface area contributed by atoms with E-state index in [-0.39, 0.29) is 19.6 Å². The molecule has 0 bridgehead atoms. The Balaban J connectivity index is 2.11. The van der Waals surface area contributed by atoms with Crippen LogP contribution in [-0.2, 0) is 23.7 Å². The Kier molecular flexibility index (Phi) is 21.3. The summed E-state index contributed by atoms with van der Waals surface area (Å²) in [5.41, 5.74) is 0. The van der Waals surface area contributed by atoms with Gasteiger partial charge in [-0.05, 0) is 6.42 Å². The molecular formula is C29H56O9. The highest BCUT2D eigenvalue weighted by molar-refractivity contribution is 5.69. The molecule has 0 aliphatic carbocycles. The Morgan fingerprint density at radius 2 is 1.26 bits per heavy atom. The van der Waals surface area contributed by atoms with Gasteiger partial charge in [-0.25, -0.2) is 0 Å². The maximum absolute atomic E-state index is 11.8. The Hall–Kier alpha value is -0.810. The zero-order chi connectivity index (χ0) is 28.0. The molecule has 1 saturated heterocycles. The smallest absolute Gasteiger partial charge is 0.305 e. The summed E-state index contributed by atoms with van der Waals surface area (Å²) in [5, 5.41) is 39.2. The van der Waals surface area contributed by atoms with E-state index in [4.69, 9.17) is 18.9 Å². The van der Waals surface area contributed by atoms with Crippen LogP contribution in [-0.4, -0.2) is 89.6 Å². The second-order valence-electron chi connectivity index (χ2n) is 10.5. The molecule has 226 valence electrons. The second-order valence-corrected chi connectivity index (χ2v) is 10.5. The van der Waals surface area contributed by atoms with E-state index >= 15 is 0 Å². The molecule has 6 atom stereocenters. The Bertz CT molecular complexity index is 560. The fourth-order valence-corrected chi connectivity index (χ4v) is 4.58. The highest BCUT2D eigenvalue weighted by atomic mass is 16.7. The van der Waals surface area contributed by atoms with Gasteiger partial charge in [0.2, 0.25) is 0 Å². The van der Waals surface area contributed by atoms with E-state index < -0.39 is 49.4 Å². The first-order chi connectivity index (χ1) is 18.4. The monoisotopic (exact) mass is 548 g/mol. The maximum Gasteiger partial charge on any atom is 0.305 e. The summed E-state index contributed by atoms with van der Waals surface area (Å²) in [6, 6.07) is 0. The first-order valence-corrected chi connectivity index (χ1v) is 15.1. The molecule has 0 spiro atoms. The third kappa shape index (κ3) is 15.7. The summed E-state index contributed by atoms with van der Waals surface area (Å²) in [5.74, 6) is -0.400. The predicted molar refractivity (Wildman–Crippen MR) is 146 cm³/mol. The quantitative estimate of drug-likeness (QED) is 0.104. The molecule has 0 aromatic heterocycles. The van der Waals surface area contributed by atoms with Gasteiger partial charge in [0.15, 0.2) is 6.29 Å².